The van der Waals surface area contributed by atoms with Crippen molar-refractivity contribution >= 4 is 28.4 Å². The maximum atomic E-state index is 12.6. The standard InChI is InChI=1S/C12H13F3N4O2S/c1-2-18-9(20)7-6-17(3-4-19(7)11(18)21)10-16-5-8(22-10)12(13,14)15/h5,7H,2-4,6H2,1H3. The molecule has 0 radical (unpaired) electrons. The molecule has 22 heavy (non-hydrogen) atoms. The van der Waals surface area contributed by atoms with Gasteiger partial charge in [0.05, 0.1) is 6.20 Å². The SMILES string of the molecule is CCN1C(=O)C2CN(c3ncc(C(F)(F)F)s3)CCN2C1=O. The molecule has 10 heteroatoms. The van der Waals surface area contributed by atoms with Crippen molar-refractivity contribution in [1.29, 1.82) is 0 Å². The van der Waals surface area contributed by atoms with Gasteiger partial charge in [-0.05, 0) is 6.92 Å². The molecule has 0 N–H and O–H groups in total. The third kappa shape index (κ3) is 2.31. The van der Waals surface area contributed by atoms with Crippen molar-refractivity contribution in [3.8, 4) is 0 Å². The number of fused-ring (bicyclic) bond motifs is 1. The highest BCUT2D eigenvalue weighted by Gasteiger charge is 2.47. The normalized spacial score (nSPS) is 22.5. The van der Waals surface area contributed by atoms with Crippen LogP contribution in [0.2, 0.25) is 0 Å². The van der Waals surface area contributed by atoms with Crippen LogP contribution in [0.15, 0.2) is 6.20 Å². The molecule has 0 bridgehead atoms. The van der Waals surface area contributed by atoms with E-state index in [0.29, 0.717) is 31.0 Å². The Morgan fingerprint density at radius 1 is 1.36 bits per heavy atom. The lowest BCUT2D eigenvalue weighted by molar-refractivity contribution is -0.134. The molecule has 1 unspecified atom stereocenters. The summed E-state index contributed by atoms with van der Waals surface area (Å²) in [6.45, 7) is 2.83. The fourth-order valence-corrected chi connectivity index (χ4v) is 3.48. The zero-order valence-electron chi connectivity index (χ0n) is 11.6. The Hall–Kier alpha value is -1.84. The highest BCUT2D eigenvalue weighted by atomic mass is 32.1. The first-order chi connectivity index (χ1) is 10.3. The number of likely N-dealkylation sites (N-methyl/N-ethyl adjacent to an activating group) is 1. The molecule has 1 aromatic heterocycles. The predicted molar refractivity (Wildman–Crippen MR) is 72.6 cm³/mol. The maximum Gasteiger partial charge on any atom is 0.427 e. The van der Waals surface area contributed by atoms with Crippen LogP contribution in [0, 0.1) is 0 Å². The van der Waals surface area contributed by atoms with E-state index in [2.05, 4.69) is 4.98 Å². The lowest BCUT2D eigenvalue weighted by atomic mass is 10.2. The number of anilines is 1. The van der Waals surface area contributed by atoms with Gasteiger partial charge in [0, 0.05) is 26.2 Å². The second-order valence-corrected chi connectivity index (χ2v) is 6.03. The van der Waals surface area contributed by atoms with Crippen molar-refractivity contribution in [2.45, 2.75) is 19.1 Å². The summed E-state index contributed by atoms with van der Waals surface area (Å²) >= 11 is 0.551. The van der Waals surface area contributed by atoms with E-state index in [0.717, 1.165) is 11.1 Å². The summed E-state index contributed by atoms with van der Waals surface area (Å²) in [4.78, 5) is 31.5. The number of urea groups is 1. The van der Waals surface area contributed by atoms with Crippen LogP contribution in [-0.4, -0.2) is 58.9 Å². The summed E-state index contributed by atoms with van der Waals surface area (Å²) in [5.41, 5.74) is 0. The zero-order chi connectivity index (χ0) is 16.1. The monoisotopic (exact) mass is 334 g/mol. The molecule has 0 aliphatic carbocycles. The van der Waals surface area contributed by atoms with E-state index in [9.17, 15) is 22.8 Å². The quantitative estimate of drug-likeness (QED) is 0.772. The third-order valence-corrected chi connectivity index (χ3v) is 4.87. The van der Waals surface area contributed by atoms with Gasteiger partial charge in [-0.3, -0.25) is 9.69 Å². The second-order valence-electron chi connectivity index (χ2n) is 5.03. The third-order valence-electron chi connectivity index (χ3n) is 3.77. The van der Waals surface area contributed by atoms with E-state index >= 15 is 0 Å². The Bertz CT molecular complexity index is 618. The summed E-state index contributed by atoms with van der Waals surface area (Å²) < 4.78 is 37.9. The first kappa shape index (κ1) is 15.1. The van der Waals surface area contributed by atoms with Crippen molar-refractivity contribution in [1.82, 2.24) is 14.8 Å². The molecule has 120 valence electrons. The molecule has 2 aliphatic heterocycles. The second kappa shape index (κ2) is 5.11. The molecule has 0 aromatic carbocycles. The molecule has 3 heterocycles. The number of aromatic nitrogens is 1. The van der Waals surface area contributed by atoms with Gasteiger partial charge in [-0.15, -0.1) is 0 Å². The molecule has 3 rings (SSSR count). The van der Waals surface area contributed by atoms with E-state index in [1.165, 1.54) is 4.90 Å². The number of thiazole rings is 1. The number of carbonyl (C=O) groups is 2. The molecule has 0 saturated carbocycles. The molecule has 0 spiro atoms. The van der Waals surface area contributed by atoms with E-state index < -0.39 is 17.1 Å². The maximum absolute atomic E-state index is 12.6. The Balaban J connectivity index is 1.78. The Kier molecular flexibility index (Phi) is 3.50. The molecule has 6 nitrogen and oxygen atoms in total. The van der Waals surface area contributed by atoms with Crippen molar-refractivity contribution < 1.29 is 22.8 Å². The molecule has 2 fully saturated rings. The van der Waals surface area contributed by atoms with Crippen molar-refractivity contribution in [2.24, 2.45) is 0 Å². The Morgan fingerprint density at radius 3 is 2.68 bits per heavy atom. The van der Waals surface area contributed by atoms with E-state index in [4.69, 9.17) is 0 Å². The number of piperazine rings is 1. The zero-order valence-corrected chi connectivity index (χ0v) is 12.4. The summed E-state index contributed by atoms with van der Waals surface area (Å²) in [6, 6.07) is -0.966. The number of rotatable bonds is 2. The highest BCUT2D eigenvalue weighted by molar-refractivity contribution is 7.15. The number of carbonyl (C=O) groups excluding carboxylic acids is 2. The average Bonchev–Trinajstić information content (AvgIpc) is 3.04. The van der Waals surface area contributed by atoms with Crippen molar-refractivity contribution in [3.05, 3.63) is 11.1 Å². The van der Waals surface area contributed by atoms with Gasteiger partial charge in [0.1, 0.15) is 10.9 Å². The number of halogens is 3. The van der Waals surface area contributed by atoms with Gasteiger partial charge in [-0.2, -0.15) is 13.2 Å². The Morgan fingerprint density at radius 2 is 2.09 bits per heavy atom. The fraction of sp³-hybridized carbons (Fsp3) is 0.583. The summed E-state index contributed by atoms with van der Waals surface area (Å²) in [6.07, 6.45) is -3.62. The van der Waals surface area contributed by atoms with E-state index in [1.807, 2.05) is 0 Å². The summed E-state index contributed by atoms with van der Waals surface area (Å²) in [5, 5.41) is 0.224. The number of amides is 3. The topological polar surface area (TPSA) is 56.8 Å². The minimum atomic E-state index is -4.42. The molecular weight excluding hydrogens is 321 g/mol. The molecule has 2 saturated heterocycles. The number of alkyl halides is 3. The molecule has 2 aliphatic rings. The lowest BCUT2D eigenvalue weighted by Crippen LogP contribution is -2.53. The number of nitrogens with zero attached hydrogens (tertiary/aromatic N) is 4. The van der Waals surface area contributed by atoms with Gasteiger partial charge >= 0.3 is 12.2 Å². The first-order valence-corrected chi connectivity index (χ1v) is 7.54. The fourth-order valence-electron chi connectivity index (χ4n) is 2.66. The van der Waals surface area contributed by atoms with Crippen LogP contribution >= 0.6 is 11.3 Å². The predicted octanol–water partition coefficient (Wildman–Crippen LogP) is 1.63. The average molecular weight is 334 g/mol. The Labute approximate surface area is 128 Å². The van der Waals surface area contributed by atoms with Crippen LogP contribution in [-0.2, 0) is 11.0 Å². The van der Waals surface area contributed by atoms with E-state index in [-0.39, 0.29) is 23.6 Å². The smallest absolute Gasteiger partial charge is 0.344 e. The van der Waals surface area contributed by atoms with Crippen LogP contribution in [0.5, 0.6) is 0 Å². The largest absolute Gasteiger partial charge is 0.427 e. The van der Waals surface area contributed by atoms with Crippen molar-refractivity contribution in [2.75, 3.05) is 31.1 Å². The first-order valence-electron chi connectivity index (χ1n) is 6.73. The minimum absolute atomic E-state index is 0.173. The number of hydrogen-bond acceptors (Lipinski definition) is 5. The molecular formula is C12H13F3N4O2S. The minimum Gasteiger partial charge on any atom is -0.344 e. The number of imide groups is 1. The molecule has 1 aromatic rings. The van der Waals surface area contributed by atoms with Gasteiger partial charge in [0.2, 0.25) is 0 Å². The lowest BCUT2D eigenvalue weighted by Gasteiger charge is -2.35. The van der Waals surface area contributed by atoms with Crippen molar-refractivity contribution in [3.63, 3.8) is 0 Å². The molecule has 1 atom stereocenters. The van der Waals surface area contributed by atoms with E-state index in [1.54, 1.807) is 11.8 Å². The number of hydrogen-bond donors (Lipinski definition) is 0. The summed E-state index contributed by atoms with van der Waals surface area (Å²) in [7, 11) is 0. The van der Waals surface area contributed by atoms with Crippen LogP contribution < -0.4 is 4.90 Å². The van der Waals surface area contributed by atoms with Crippen LogP contribution in [0.25, 0.3) is 0 Å². The van der Waals surface area contributed by atoms with Crippen LogP contribution in [0.1, 0.15) is 11.8 Å². The van der Waals surface area contributed by atoms with Gasteiger partial charge < -0.3 is 9.80 Å². The van der Waals surface area contributed by atoms with Crippen LogP contribution in [0.4, 0.5) is 23.1 Å². The van der Waals surface area contributed by atoms with Gasteiger partial charge in [-0.1, -0.05) is 11.3 Å². The summed E-state index contributed by atoms with van der Waals surface area (Å²) in [5.74, 6) is -0.301. The van der Waals surface area contributed by atoms with Gasteiger partial charge in [0.15, 0.2) is 5.13 Å². The van der Waals surface area contributed by atoms with Gasteiger partial charge in [0.25, 0.3) is 5.91 Å². The highest BCUT2D eigenvalue weighted by Crippen LogP contribution is 2.37. The van der Waals surface area contributed by atoms with Gasteiger partial charge in [-0.25, -0.2) is 9.78 Å². The van der Waals surface area contributed by atoms with Crippen LogP contribution in [0.3, 0.4) is 0 Å². The molecule has 3 amide bonds.